The molecule has 2 N–H and O–H groups in total. The summed E-state index contributed by atoms with van der Waals surface area (Å²) in [5.41, 5.74) is 1.05. The second-order valence-electron chi connectivity index (χ2n) is 5.50. The van der Waals surface area contributed by atoms with Crippen LogP contribution in [0.3, 0.4) is 0 Å². The average Bonchev–Trinajstić information content (AvgIpc) is 2.94. The van der Waals surface area contributed by atoms with Crippen molar-refractivity contribution in [2.24, 2.45) is 0 Å². The van der Waals surface area contributed by atoms with E-state index in [-0.39, 0.29) is 17.8 Å². The van der Waals surface area contributed by atoms with E-state index < -0.39 is 0 Å². The van der Waals surface area contributed by atoms with Crippen LogP contribution in [0.15, 0.2) is 24.3 Å². The second kappa shape index (κ2) is 8.10. The number of nitrogens with one attached hydrogen (secondary N) is 2. The average molecular weight is 293 g/mol. The van der Waals surface area contributed by atoms with Crippen LogP contribution in [0, 0.1) is 5.82 Å². The molecule has 1 unspecified atom stereocenters. The molecule has 21 heavy (non-hydrogen) atoms. The van der Waals surface area contributed by atoms with Crippen LogP contribution in [-0.2, 0) is 11.3 Å². The van der Waals surface area contributed by atoms with Crippen molar-refractivity contribution in [2.75, 3.05) is 26.7 Å². The van der Waals surface area contributed by atoms with Gasteiger partial charge < -0.3 is 10.6 Å². The standard InChI is InChI=1S/C16H24FN3O/c1-18-9-3-10-19-16(21)15-4-2-11-20(15)12-13-5-7-14(17)8-6-13/h5-8,15,18H,2-4,9-12H2,1H3,(H,19,21). The first-order valence-electron chi connectivity index (χ1n) is 7.61. The molecule has 1 aromatic carbocycles. The lowest BCUT2D eigenvalue weighted by Gasteiger charge is -2.23. The van der Waals surface area contributed by atoms with Crippen molar-refractivity contribution >= 4 is 5.91 Å². The third-order valence-corrected chi connectivity index (χ3v) is 3.87. The Bertz CT molecular complexity index is 449. The lowest BCUT2D eigenvalue weighted by molar-refractivity contribution is -0.125. The van der Waals surface area contributed by atoms with Gasteiger partial charge in [0, 0.05) is 13.1 Å². The number of nitrogens with zero attached hydrogens (tertiary/aromatic N) is 1. The van der Waals surface area contributed by atoms with E-state index in [1.807, 2.05) is 7.05 Å². The van der Waals surface area contributed by atoms with Gasteiger partial charge in [-0.05, 0) is 57.1 Å². The lowest BCUT2D eigenvalue weighted by atomic mass is 10.1. The summed E-state index contributed by atoms with van der Waals surface area (Å²) in [6.07, 6.45) is 2.88. The summed E-state index contributed by atoms with van der Waals surface area (Å²) in [4.78, 5) is 14.4. The van der Waals surface area contributed by atoms with Gasteiger partial charge in [0.05, 0.1) is 6.04 Å². The molecule has 116 valence electrons. The van der Waals surface area contributed by atoms with Crippen molar-refractivity contribution < 1.29 is 9.18 Å². The number of halogens is 1. The topological polar surface area (TPSA) is 44.4 Å². The first-order valence-corrected chi connectivity index (χ1v) is 7.61. The fourth-order valence-corrected chi connectivity index (χ4v) is 2.73. The van der Waals surface area contributed by atoms with Gasteiger partial charge in [0.1, 0.15) is 5.82 Å². The van der Waals surface area contributed by atoms with Gasteiger partial charge in [0.15, 0.2) is 0 Å². The molecule has 0 bridgehead atoms. The monoisotopic (exact) mass is 293 g/mol. The summed E-state index contributed by atoms with van der Waals surface area (Å²) < 4.78 is 12.9. The molecule has 1 aliphatic heterocycles. The number of hydrogen-bond acceptors (Lipinski definition) is 3. The van der Waals surface area contributed by atoms with E-state index in [1.54, 1.807) is 12.1 Å². The molecule has 0 aromatic heterocycles. The molecule has 4 nitrogen and oxygen atoms in total. The number of carbonyl (C=O) groups is 1. The summed E-state index contributed by atoms with van der Waals surface area (Å²) in [5.74, 6) is -0.107. The zero-order valence-electron chi connectivity index (χ0n) is 12.6. The van der Waals surface area contributed by atoms with Gasteiger partial charge >= 0.3 is 0 Å². The highest BCUT2D eigenvalue weighted by Crippen LogP contribution is 2.20. The van der Waals surface area contributed by atoms with Crippen LogP contribution >= 0.6 is 0 Å². The van der Waals surface area contributed by atoms with Gasteiger partial charge in [0.2, 0.25) is 5.91 Å². The van der Waals surface area contributed by atoms with Crippen LogP contribution in [0.2, 0.25) is 0 Å². The zero-order valence-corrected chi connectivity index (χ0v) is 12.6. The molecule has 1 aromatic rings. The number of rotatable bonds is 7. The Balaban J connectivity index is 1.84. The Kier molecular flexibility index (Phi) is 6.14. The lowest BCUT2D eigenvalue weighted by Crippen LogP contribution is -2.43. The van der Waals surface area contributed by atoms with Crippen molar-refractivity contribution in [1.82, 2.24) is 15.5 Å². The maximum atomic E-state index is 12.9. The maximum Gasteiger partial charge on any atom is 0.237 e. The molecule has 5 heteroatoms. The predicted octanol–water partition coefficient (Wildman–Crippen LogP) is 1.52. The number of benzene rings is 1. The minimum Gasteiger partial charge on any atom is -0.355 e. The normalized spacial score (nSPS) is 18.9. The number of hydrogen-bond donors (Lipinski definition) is 2. The van der Waals surface area contributed by atoms with E-state index in [4.69, 9.17) is 0 Å². The van der Waals surface area contributed by atoms with Gasteiger partial charge in [-0.1, -0.05) is 12.1 Å². The van der Waals surface area contributed by atoms with Crippen LogP contribution in [0.4, 0.5) is 4.39 Å². The molecule has 2 rings (SSSR count). The molecular formula is C16H24FN3O. The van der Waals surface area contributed by atoms with Gasteiger partial charge in [-0.15, -0.1) is 0 Å². The molecule has 1 fully saturated rings. The Morgan fingerprint density at radius 2 is 2.10 bits per heavy atom. The number of amides is 1. The Morgan fingerprint density at radius 1 is 1.33 bits per heavy atom. The van der Waals surface area contributed by atoms with E-state index in [0.717, 1.165) is 37.9 Å². The molecule has 1 amide bonds. The fourth-order valence-electron chi connectivity index (χ4n) is 2.73. The van der Waals surface area contributed by atoms with Gasteiger partial charge in [0.25, 0.3) is 0 Å². The Hall–Kier alpha value is -1.46. The summed E-state index contributed by atoms with van der Waals surface area (Å²) >= 11 is 0. The molecule has 1 atom stereocenters. The molecule has 1 saturated heterocycles. The van der Waals surface area contributed by atoms with E-state index in [9.17, 15) is 9.18 Å². The zero-order chi connectivity index (χ0) is 15.1. The fraction of sp³-hybridized carbons (Fsp3) is 0.562. The van der Waals surface area contributed by atoms with E-state index in [1.165, 1.54) is 12.1 Å². The molecule has 0 aliphatic carbocycles. The third-order valence-electron chi connectivity index (χ3n) is 3.87. The van der Waals surface area contributed by atoms with E-state index in [2.05, 4.69) is 15.5 Å². The smallest absolute Gasteiger partial charge is 0.237 e. The largest absolute Gasteiger partial charge is 0.355 e. The SMILES string of the molecule is CNCCCNC(=O)C1CCCN1Cc1ccc(F)cc1. The first-order chi connectivity index (χ1) is 10.2. The van der Waals surface area contributed by atoms with E-state index in [0.29, 0.717) is 13.1 Å². The van der Waals surface area contributed by atoms with Crippen molar-refractivity contribution in [3.8, 4) is 0 Å². The summed E-state index contributed by atoms with van der Waals surface area (Å²) in [7, 11) is 1.91. The molecule has 0 saturated carbocycles. The highest BCUT2D eigenvalue weighted by molar-refractivity contribution is 5.82. The maximum absolute atomic E-state index is 12.9. The van der Waals surface area contributed by atoms with Crippen LogP contribution < -0.4 is 10.6 Å². The Labute approximate surface area is 125 Å². The second-order valence-corrected chi connectivity index (χ2v) is 5.50. The Morgan fingerprint density at radius 3 is 2.81 bits per heavy atom. The van der Waals surface area contributed by atoms with Crippen LogP contribution in [0.5, 0.6) is 0 Å². The molecule has 0 spiro atoms. The van der Waals surface area contributed by atoms with Crippen molar-refractivity contribution in [3.63, 3.8) is 0 Å². The van der Waals surface area contributed by atoms with Crippen LogP contribution in [0.25, 0.3) is 0 Å². The van der Waals surface area contributed by atoms with Crippen molar-refractivity contribution in [3.05, 3.63) is 35.6 Å². The van der Waals surface area contributed by atoms with Gasteiger partial charge in [-0.25, -0.2) is 4.39 Å². The van der Waals surface area contributed by atoms with Crippen molar-refractivity contribution in [1.29, 1.82) is 0 Å². The number of likely N-dealkylation sites (tertiary alicyclic amines) is 1. The summed E-state index contributed by atoms with van der Waals surface area (Å²) in [6, 6.07) is 6.46. The molecular weight excluding hydrogens is 269 g/mol. The third kappa shape index (κ3) is 4.79. The predicted molar refractivity (Wildman–Crippen MR) is 81.4 cm³/mol. The molecule has 1 aliphatic rings. The van der Waals surface area contributed by atoms with Gasteiger partial charge in [-0.2, -0.15) is 0 Å². The minimum absolute atomic E-state index is 0.0513. The highest BCUT2D eigenvalue weighted by Gasteiger charge is 2.30. The minimum atomic E-state index is -0.223. The first kappa shape index (κ1) is 15.9. The summed E-state index contributed by atoms with van der Waals surface area (Å²) in [6.45, 7) is 3.24. The molecule has 1 heterocycles. The quantitative estimate of drug-likeness (QED) is 0.749. The van der Waals surface area contributed by atoms with E-state index >= 15 is 0 Å². The van der Waals surface area contributed by atoms with Crippen molar-refractivity contribution in [2.45, 2.75) is 31.8 Å². The summed E-state index contributed by atoms with van der Waals surface area (Å²) in [5, 5.41) is 6.07. The van der Waals surface area contributed by atoms with Gasteiger partial charge in [-0.3, -0.25) is 9.69 Å². The number of carbonyl (C=O) groups excluding carboxylic acids is 1. The van der Waals surface area contributed by atoms with Crippen LogP contribution in [-0.4, -0.2) is 43.5 Å². The highest BCUT2D eigenvalue weighted by atomic mass is 19.1. The molecule has 0 radical (unpaired) electrons. The van der Waals surface area contributed by atoms with Crippen LogP contribution in [0.1, 0.15) is 24.8 Å².